The Hall–Kier alpha value is -0.610. The van der Waals surface area contributed by atoms with Gasteiger partial charge in [0.25, 0.3) is 0 Å². The fourth-order valence-electron chi connectivity index (χ4n) is 2.68. The van der Waals surface area contributed by atoms with Crippen LogP contribution >= 0.6 is 0 Å². The molecule has 2 aliphatic rings. The molecule has 0 bridgehead atoms. The number of nitrogens with two attached hydrogens (primary N) is 1. The molecule has 2 fully saturated rings. The van der Waals surface area contributed by atoms with E-state index < -0.39 is 0 Å². The van der Waals surface area contributed by atoms with Crippen molar-refractivity contribution in [3.05, 3.63) is 0 Å². The molecular formula is C11H21N3O. The number of hydrogen-bond acceptors (Lipinski definition) is 3. The van der Waals surface area contributed by atoms with Crippen LogP contribution in [0.2, 0.25) is 0 Å². The van der Waals surface area contributed by atoms with E-state index in [-0.39, 0.29) is 0 Å². The van der Waals surface area contributed by atoms with Crippen molar-refractivity contribution in [2.45, 2.75) is 12.8 Å². The highest BCUT2D eigenvalue weighted by Crippen LogP contribution is 2.21. The highest BCUT2D eigenvalue weighted by atomic mass is 16.2. The smallest absolute Gasteiger partial charge is 0.222 e. The molecule has 15 heavy (non-hydrogen) atoms. The third-order valence-electron chi connectivity index (χ3n) is 3.60. The lowest BCUT2D eigenvalue weighted by atomic mass is 10.1. The van der Waals surface area contributed by atoms with Crippen LogP contribution in [-0.2, 0) is 4.79 Å². The van der Waals surface area contributed by atoms with Gasteiger partial charge in [-0.2, -0.15) is 0 Å². The molecule has 2 atom stereocenters. The molecule has 0 radical (unpaired) electrons. The number of nitrogens with zero attached hydrogens (tertiary/aromatic N) is 2. The average molecular weight is 211 g/mol. The molecular weight excluding hydrogens is 190 g/mol. The van der Waals surface area contributed by atoms with Gasteiger partial charge in [0.1, 0.15) is 0 Å². The van der Waals surface area contributed by atoms with Crippen LogP contribution in [0.4, 0.5) is 0 Å². The molecule has 86 valence electrons. The molecule has 2 N–H and O–H groups in total. The summed E-state index contributed by atoms with van der Waals surface area (Å²) in [4.78, 5) is 16.0. The van der Waals surface area contributed by atoms with Crippen molar-refractivity contribution < 1.29 is 4.79 Å². The summed E-state index contributed by atoms with van der Waals surface area (Å²) in [6, 6.07) is 0. The monoisotopic (exact) mass is 211 g/mol. The Morgan fingerprint density at radius 2 is 2.20 bits per heavy atom. The summed E-state index contributed by atoms with van der Waals surface area (Å²) in [5, 5.41) is 0. The van der Waals surface area contributed by atoms with E-state index in [2.05, 4.69) is 11.9 Å². The number of amides is 1. The predicted molar refractivity (Wildman–Crippen MR) is 59.3 cm³/mol. The quantitative estimate of drug-likeness (QED) is 0.700. The third kappa shape index (κ3) is 2.49. The summed E-state index contributed by atoms with van der Waals surface area (Å²) in [5.41, 5.74) is 5.60. The molecule has 0 aromatic heterocycles. The minimum atomic E-state index is 0.306. The first kappa shape index (κ1) is 10.9. The summed E-state index contributed by atoms with van der Waals surface area (Å²) >= 11 is 0. The lowest BCUT2D eigenvalue weighted by Crippen LogP contribution is -2.32. The second-order valence-corrected chi connectivity index (χ2v) is 5.02. The van der Waals surface area contributed by atoms with E-state index in [0.717, 1.165) is 19.6 Å². The Morgan fingerprint density at radius 3 is 2.73 bits per heavy atom. The van der Waals surface area contributed by atoms with Crippen molar-refractivity contribution in [2.75, 3.05) is 39.8 Å². The lowest BCUT2D eigenvalue weighted by molar-refractivity contribution is -0.128. The van der Waals surface area contributed by atoms with E-state index in [1.165, 1.54) is 13.0 Å². The number of likely N-dealkylation sites (tertiary alicyclic amines) is 2. The van der Waals surface area contributed by atoms with Crippen LogP contribution in [0.15, 0.2) is 0 Å². The summed E-state index contributed by atoms with van der Waals surface area (Å²) in [5.74, 6) is 1.38. The van der Waals surface area contributed by atoms with E-state index >= 15 is 0 Å². The zero-order valence-corrected chi connectivity index (χ0v) is 9.48. The van der Waals surface area contributed by atoms with Gasteiger partial charge in [-0.1, -0.05) is 0 Å². The minimum Gasteiger partial charge on any atom is -0.342 e. The second kappa shape index (κ2) is 4.49. The maximum Gasteiger partial charge on any atom is 0.222 e. The Kier molecular flexibility index (Phi) is 3.26. The number of carbonyl (C=O) groups excluding carboxylic acids is 1. The third-order valence-corrected chi connectivity index (χ3v) is 3.60. The number of rotatable bonds is 3. The van der Waals surface area contributed by atoms with Gasteiger partial charge in [0.05, 0.1) is 0 Å². The first-order valence-electron chi connectivity index (χ1n) is 5.85. The molecule has 0 saturated carbocycles. The highest BCUT2D eigenvalue weighted by molar-refractivity contribution is 5.78. The topological polar surface area (TPSA) is 49.6 Å². The zero-order chi connectivity index (χ0) is 10.8. The second-order valence-electron chi connectivity index (χ2n) is 5.02. The van der Waals surface area contributed by atoms with Crippen LogP contribution in [0.3, 0.4) is 0 Å². The fourth-order valence-corrected chi connectivity index (χ4v) is 2.68. The van der Waals surface area contributed by atoms with Crippen LogP contribution in [0.25, 0.3) is 0 Å². The van der Waals surface area contributed by atoms with Crippen LogP contribution in [0, 0.1) is 11.8 Å². The van der Waals surface area contributed by atoms with Crippen molar-refractivity contribution in [2.24, 2.45) is 17.6 Å². The van der Waals surface area contributed by atoms with Crippen molar-refractivity contribution in [1.82, 2.24) is 9.80 Å². The van der Waals surface area contributed by atoms with Gasteiger partial charge >= 0.3 is 0 Å². The Bertz CT molecular complexity index is 244. The summed E-state index contributed by atoms with van der Waals surface area (Å²) in [7, 11) is 2.15. The van der Waals surface area contributed by atoms with Gasteiger partial charge in [0, 0.05) is 26.1 Å². The summed E-state index contributed by atoms with van der Waals surface area (Å²) < 4.78 is 0. The van der Waals surface area contributed by atoms with Gasteiger partial charge in [0.15, 0.2) is 0 Å². The van der Waals surface area contributed by atoms with Gasteiger partial charge in [-0.05, 0) is 38.4 Å². The van der Waals surface area contributed by atoms with E-state index in [0.29, 0.717) is 30.7 Å². The summed E-state index contributed by atoms with van der Waals surface area (Å²) in [6.07, 6.45) is 1.90. The number of carbonyl (C=O) groups is 1. The van der Waals surface area contributed by atoms with E-state index in [1.54, 1.807) is 0 Å². The molecule has 4 nitrogen and oxygen atoms in total. The average Bonchev–Trinajstić information content (AvgIpc) is 2.75. The van der Waals surface area contributed by atoms with E-state index in [4.69, 9.17) is 5.73 Å². The molecule has 4 heteroatoms. The van der Waals surface area contributed by atoms with Crippen LogP contribution in [-0.4, -0.2) is 55.5 Å². The Balaban J connectivity index is 1.82. The van der Waals surface area contributed by atoms with E-state index in [1.807, 2.05) is 4.90 Å². The molecule has 2 heterocycles. The van der Waals surface area contributed by atoms with Gasteiger partial charge in [-0.25, -0.2) is 0 Å². The molecule has 2 rings (SSSR count). The van der Waals surface area contributed by atoms with Crippen LogP contribution < -0.4 is 5.73 Å². The summed E-state index contributed by atoms with van der Waals surface area (Å²) in [6.45, 7) is 4.78. The Labute approximate surface area is 91.4 Å². The van der Waals surface area contributed by atoms with E-state index in [9.17, 15) is 4.79 Å². The number of hydrogen-bond donors (Lipinski definition) is 1. The van der Waals surface area contributed by atoms with Gasteiger partial charge in [-0.15, -0.1) is 0 Å². The normalized spacial score (nSPS) is 32.9. The van der Waals surface area contributed by atoms with Crippen LogP contribution in [0.1, 0.15) is 12.8 Å². The molecule has 2 unspecified atom stereocenters. The Morgan fingerprint density at radius 1 is 1.40 bits per heavy atom. The SMILES string of the molecule is CN1CCC(CN2CC(CN)CC2=O)C1. The molecule has 2 saturated heterocycles. The zero-order valence-electron chi connectivity index (χ0n) is 9.48. The van der Waals surface area contributed by atoms with Crippen LogP contribution in [0.5, 0.6) is 0 Å². The van der Waals surface area contributed by atoms with Crippen molar-refractivity contribution in [3.8, 4) is 0 Å². The maximum atomic E-state index is 11.7. The predicted octanol–water partition coefficient (Wildman–Crippen LogP) is -0.255. The maximum absolute atomic E-state index is 11.7. The first-order chi connectivity index (χ1) is 7.19. The van der Waals surface area contributed by atoms with Crippen molar-refractivity contribution >= 4 is 5.91 Å². The molecule has 0 spiro atoms. The largest absolute Gasteiger partial charge is 0.342 e. The van der Waals surface area contributed by atoms with Crippen molar-refractivity contribution in [3.63, 3.8) is 0 Å². The van der Waals surface area contributed by atoms with Gasteiger partial charge in [0.2, 0.25) is 5.91 Å². The highest BCUT2D eigenvalue weighted by Gasteiger charge is 2.31. The molecule has 0 aromatic rings. The molecule has 0 aliphatic carbocycles. The fraction of sp³-hybridized carbons (Fsp3) is 0.909. The standard InChI is InChI=1S/C11H21N3O/c1-13-3-2-9(6-13)7-14-8-10(5-12)4-11(14)15/h9-10H,2-8,12H2,1H3. The molecule has 1 amide bonds. The molecule has 2 aliphatic heterocycles. The molecule has 0 aromatic carbocycles. The van der Waals surface area contributed by atoms with Gasteiger partial charge in [-0.3, -0.25) is 4.79 Å². The first-order valence-corrected chi connectivity index (χ1v) is 5.85. The lowest BCUT2D eigenvalue weighted by Gasteiger charge is -2.20. The van der Waals surface area contributed by atoms with Crippen molar-refractivity contribution in [1.29, 1.82) is 0 Å². The van der Waals surface area contributed by atoms with Gasteiger partial charge < -0.3 is 15.5 Å². The minimum absolute atomic E-state index is 0.306.